The number of benzene rings is 2. The van der Waals surface area contributed by atoms with Crippen LogP contribution in [0.3, 0.4) is 0 Å². The first-order valence-electron chi connectivity index (χ1n) is 7.41. The van der Waals surface area contributed by atoms with Gasteiger partial charge in [0.15, 0.2) is 0 Å². The first-order valence-corrected chi connectivity index (χ1v) is 7.41. The molecule has 120 valence electrons. The maximum atomic E-state index is 12.1. The van der Waals surface area contributed by atoms with Crippen LogP contribution >= 0.6 is 0 Å². The summed E-state index contributed by atoms with van der Waals surface area (Å²) in [4.78, 5) is 23.8. The molecule has 2 aromatic rings. The van der Waals surface area contributed by atoms with Gasteiger partial charge in [-0.15, -0.1) is 0 Å². The Morgan fingerprint density at radius 2 is 1.65 bits per heavy atom. The van der Waals surface area contributed by atoms with Gasteiger partial charge in [-0.1, -0.05) is 43.7 Å². The Morgan fingerprint density at radius 3 is 2.39 bits per heavy atom. The molecule has 0 aliphatic carbocycles. The lowest BCUT2D eigenvalue weighted by Crippen LogP contribution is -2.17. The third-order valence-corrected chi connectivity index (χ3v) is 2.98. The number of unbranched alkanes of at least 4 members (excludes halogenated alkanes) is 1. The van der Waals surface area contributed by atoms with Crippen molar-refractivity contribution in [1.82, 2.24) is 0 Å². The van der Waals surface area contributed by atoms with Crippen molar-refractivity contribution < 1.29 is 23.8 Å². The molecular formula is C18H18O5. The summed E-state index contributed by atoms with van der Waals surface area (Å²) in [7, 11) is 0. The number of ether oxygens (including phenoxy) is 3. The summed E-state index contributed by atoms with van der Waals surface area (Å²) in [6.45, 7) is 2.54. The molecule has 2 aromatic carbocycles. The monoisotopic (exact) mass is 314 g/mol. The van der Waals surface area contributed by atoms with E-state index in [1.54, 1.807) is 54.6 Å². The van der Waals surface area contributed by atoms with E-state index < -0.39 is 12.1 Å². The summed E-state index contributed by atoms with van der Waals surface area (Å²) in [5, 5.41) is 0. The van der Waals surface area contributed by atoms with Gasteiger partial charge in [-0.2, -0.15) is 0 Å². The van der Waals surface area contributed by atoms with Crippen LogP contribution in [0.5, 0.6) is 11.5 Å². The number of esters is 1. The normalized spacial score (nSPS) is 9.96. The maximum absolute atomic E-state index is 12.1. The van der Waals surface area contributed by atoms with Crippen molar-refractivity contribution in [3.63, 3.8) is 0 Å². The zero-order chi connectivity index (χ0) is 16.5. The van der Waals surface area contributed by atoms with Crippen LogP contribution in [0.1, 0.15) is 30.1 Å². The van der Waals surface area contributed by atoms with Crippen LogP contribution in [0.4, 0.5) is 4.79 Å². The van der Waals surface area contributed by atoms with Crippen LogP contribution in [-0.2, 0) is 4.74 Å². The van der Waals surface area contributed by atoms with Crippen LogP contribution in [-0.4, -0.2) is 18.7 Å². The zero-order valence-electron chi connectivity index (χ0n) is 12.9. The van der Waals surface area contributed by atoms with Gasteiger partial charge in [0, 0.05) is 0 Å². The van der Waals surface area contributed by atoms with E-state index in [1.807, 2.05) is 6.92 Å². The minimum absolute atomic E-state index is 0.189. The average Bonchev–Trinajstić information content (AvgIpc) is 2.56. The average molecular weight is 314 g/mol. The third kappa shape index (κ3) is 5.14. The number of carbonyl (C=O) groups is 2. The van der Waals surface area contributed by atoms with Crippen molar-refractivity contribution in [3.8, 4) is 11.5 Å². The zero-order valence-corrected chi connectivity index (χ0v) is 12.9. The molecule has 0 aliphatic heterocycles. The van der Waals surface area contributed by atoms with E-state index in [0.29, 0.717) is 18.1 Å². The quantitative estimate of drug-likeness (QED) is 0.346. The lowest BCUT2D eigenvalue weighted by molar-refractivity contribution is 0.0525. The second-order valence-electron chi connectivity index (χ2n) is 4.75. The number of hydrogen-bond acceptors (Lipinski definition) is 5. The Hall–Kier alpha value is -2.82. The summed E-state index contributed by atoms with van der Waals surface area (Å²) in [5.74, 6) is -0.116. The van der Waals surface area contributed by atoms with Gasteiger partial charge in [0.1, 0.15) is 17.1 Å². The van der Waals surface area contributed by atoms with Crippen LogP contribution in [0.15, 0.2) is 54.6 Å². The van der Waals surface area contributed by atoms with Gasteiger partial charge in [-0.3, -0.25) is 0 Å². The van der Waals surface area contributed by atoms with E-state index in [-0.39, 0.29) is 5.56 Å². The second-order valence-corrected chi connectivity index (χ2v) is 4.75. The summed E-state index contributed by atoms with van der Waals surface area (Å²) in [6, 6.07) is 15.0. The van der Waals surface area contributed by atoms with Crippen molar-refractivity contribution >= 4 is 12.1 Å². The third-order valence-electron chi connectivity index (χ3n) is 2.98. The highest BCUT2D eigenvalue weighted by atomic mass is 16.7. The molecule has 0 bridgehead atoms. The van der Waals surface area contributed by atoms with Gasteiger partial charge in [-0.05, 0) is 30.7 Å². The number of para-hydroxylation sites is 2. The van der Waals surface area contributed by atoms with Crippen molar-refractivity contribution in [3.05, 3.63) is 60.2 Å². The minimum Gasteiger partial charge on any atom is -0.493 e. The molecule has 0 radical (unpaired) electrons. The highest BCUT2D eigenvalue weighted by Gasteiger charge is 2.18. The van der Waals surface area contributed by atoms with E-state index >= 15 is 0 Å². The Morgan fingerprint density at radius 1 is 0.957 bits per heavy atom. The Labute approximate surface area is 134 Å². The van der Waals surface area contributed by atoms with Gasteiger partial charge < -0.3 is 14.2 Å². The van der Waals surface area contributed by atoms with E-state index in [4.69, 9.17) is 14.2 Å². The molecule has 0 spiro atoms. The number of hydrogen-bond donors (Lipinski definition) is 0. The first kappa shape index (κ1) is 16.5. The molecule has 0 heterocycles. The van der Waals surface area contributed by atoms with Crippen LogP contribution in [0.2, 0.25) is 0 Å². The van der Waals surface area contributed by atoms with Crippen molar-refractivity contribution in [1.29, 1.82) is 0 Å². The van der Waals surface area contributed by atoms with Gasteiger partial charge >= 0.3 is 12.1 Å². The fourth-order valence-electron chi connectivity index (χ4n) is 1.82. The molecule has 0 saturated heterocycles. The van der Waals surface area contributed by atoms with E-state index in [1.165, 1.54) is 0 Å². The van der Waals surface area contributed by atoms with Crippen LogP contribution < -0.4 is 9.47 Å². The van der Waals surface area contributed by atoms with Crippen molar-refractivity contribution in [2.75, 3.05) is 6.61 Å². The fraction of sp³-hybridized carbons (Fsp3) is 0.222. The Bertz CT molecular complexity index is 651. The number of carbonyl (C=O) groups excluding carboxylic acids is 2. The predicted molar refractivity (Wildman–Crippen MR) is 84.7 cm³/mol. The van der Waals surface area contributed by atoms with Crippen molar-refractivity contribution in [2.45, 2.75) is 19.8 Å². The molecule has 0 N–H and O–H groups in total. The highest BCUT2D eigenvalue weighted by Crippen LogP contribution is 2.20. The van der Waals surface area contributed by atoms with Gasteiger partial charge in [0.2, 0.25) is 0 Å². The van der Waals surface area contributed by atoms with E-state index in [9.17, 15) is 9.59 Å². The smallest absolute Gasteiger partial charge is 0.493 e. The molecule has 0 aliphatic rings. The predicted octanol–water partition coefficient (Wildman–Crippen LogP) is 4.22. The molecule has 2 rings (SSSR count). The fourth-order valence-corrected chi connectivity index (χ4v) is 1.82. The lowest BCUT2D eigenvalue weighted by Gasteiger charge is -2.10. The SMILES string of the molecule is CCCCOc1ccccc1C(=O)OC(=O)Oc1ccccc1. The molecule has 5 heteroatoms. The Balaban J connectivity index is 1.98. The summed E-state index contributed by atoms with van der Waals surface area (Å²) < 4.78 is 15.2. The summed E-state index contributed by atoms with van der Waals surface area (Å²) in [6.07, 6.45) is 0.777. The van der Waals surface area contributed by atoms with Crippen LogP contribution in [0, 0.1) is 0 Å². The van der Waals surface area contributed by atoms with E-state index in [0.717, 1.165) is 12.8 Å². The molecule has 0 fully saturated rings. The topological polar surface area (TPSA) is 61.8 Å². The largest absolute Gasteiger partial charge is 0.521 e. The molecule has 0 atom stereocenters. The second kappa shape index (κ2) is 8.58. The number of rotatable bonds is 6. The van der Waals surface area contributed by atoms with Gasteiger partial charge in [-0.25, -0.2) is 9.59 Å². The first-order chi connectivity index (χ1) is 11.2. The summed E-state index contributed by atoms with van der Waals surface area (Å²) >= 11 is 0. The standard InChI is InChI=1S/C18H18O5/c1-2-3-13-21-16-12-8-7-11-15(16)17(19)23-18(20)22-14-9-5-4-6-10-14/h4-12H,2-3,13H2,1H3. The van der Waals surface area contributed by atoms with E-state index in [2.05, 4.69) is 0 Å². The maximum Gasteiger partial charge on any atom is 0.521 e. The summed E-state index contributed by atoms with van der Waals surface area (Å²) in [5.41, 5.74) is 0.189. The highest BCUT2D eigenvalue weighted by molar-refractivity contribution is 5.97. The van der Waals surface area contributed by atoms with Crippen molar-refractivity contribution in [2.24, 2.45) is 0 Å². The molecular weight excluding hydrogens is 296 g/mol. The molecule has 23 heavy (non-hydrogen) atoms. The minimum atomic E-state index is -1.08. The van der Waals surface area contributed by atoms with Crippen LogP contribution in [0.25, 0.3) is 0 Å². The molecule has 0 aromatic heterocycles. The molecule has 0 saturated carbocycles. The molecule has 5 nitrogen and oxygen atoms in total. The van der Waals surface area contributed by atoms with Gasteiger partial charge in [0.25, 0.3) is 0 Å². The molecule has 0 amide bonds. The molecule has 0 unspecified atom stereocenters. The lowest BCUT2D eigenvalue weighted by atomic mass is 10.2. The Kier molecular flexibility index (Phi) is 6.17. The van der Waals surface area contributed by atoms with Gasteiger partial charge in [0.05, 0.1) is 6.61 Å².